The second-order valence-electron chi connectivity index (χ2n) is 2.86. The molecule has 0 aromatic heterocycles. The van der Waals surface area contributed by atoms with Gasteiger partial charge < -0.3 is 5.73 Å². The third-order valence-electron chi connectivity index (χ3n) is 1.74. The minimum absolute atomic E-state index is 0.847. The number of benzene rings is 1. The molecule has 11 heavy (non-hydrogen) atoms. The molecule has 1 aliphatic carbocycles. The van der Waals surface area contributed by atoms with Gasteiger partial charge in [-0.3, -0.25) is 0 Å². The lowest BCUT2D eigenvalue weighted by Crippen LogP contribution is -1.87. The molecule has 0 bridgehead atoms. The van der Waals surface area contributed by atoms with Gasteiger partial charge in [0, 0.05) is 15.8 Å². The number of nitrogen functional groups attached to an aromatic ring is 1. The van der Waals surface area contributed by atoms with Crippen molar-refractivity contribution < 1.29 is 0 Å². The van der Waals surface area contributed by atoms with Crippen molar-refractivity contribution >= 4 is 17.4 Å². The topological polar surface area (TPSA) is 26.0 Å². The highest BCUT2D eigenvalue weighted by molar-refractivity contribution is 8.00. The van der Waals surface area contributed by atoms with E-state index in [2.05, 4.69) is 6.07 Å². The molecule has 2 heteroatoms. The highest BCUT2D eigenvalue weighted by Gasteiger charge is 2.22. The Morgan fingerprint density at radius 1 is 1.27 bits per heavy atom. The fraction of sp³-hybridized carbons (Fsp3) is 0.333. The SMILES string of the molecule is Nc1ccccc1SC1CC1. The molecule has 1 fully saturated rings. The summed E-state index contributed by atoms with van der Waals surface area (Å²) in [7, 11) is 0. The van der Waals surface area contributed by atoms with E-state index in [1.165, 1.54) is 17.7 Å². The molecular formula is C9H11NS. The van der Waals surface area contributed by atoms with Crippen LogP contribution in [0.25, 0.3) is 0 Å². The predicted octanol–water partition coefficient (Wildman–Crippen LogP) is 2.52. The van der Waals surface area contributed by atoms with Crippen molar-refractivity contribution in [3.05, 3.63) is 24.3 Å². The van der Waals surface area contributed by atoms with Crippen LogP contribution in [0.3, 0.4) is 0 Å². The van der Waals surface area contributed by atoms with E-state index in [-0.39, 0.29) is 0 Å². The van der Waals surface area contributed by atoms with Gasteiger partial charge in [-0.25, -0.2) is 0 Å². The zero-order valence-corrected chi connectivity index (χ0v) is 7.10. The lowest BCUT2D eigenvalue weighted by atomic mass is 10.3. The van der Waals surface area contributed by atoms with Crippen LogP contribution in [-0.2, 0) is 0 Å². The normalized spacial score (nSPS) is 16.7. The predicted molar refractivity (Wildman–Crippen MR) is 49.7 cm³/mol. The molecule has 0 saturated heterocycles. The minimum Gasteiger partial charge on any atom is -0.398 e. The molecule has 58 valence electrons. The molecule has 1 nitrogen and oxygen atoms in total. The van der Waals surface area contributed by atoms with Crippen LogP contribution in [0.4, 0.5) is 5.69 Å². The van der Waals surface area contributed by atoms with Gasteiger partial charge in [0.05, 0.1) is 0 Å². The second kappa shape index (κ2) is 2.78. The molecular weight excluding hydrogens is 154 g/mol. The van der Waals surface area contributed by atoms with Crippen LogP contribution >= 0.6 is 11.8 Å². The van der Waals surface area contributed by atoms with Crippen LogP contribution in [0, 0.1) is 0 Å². The Morgan fingerprint density at radius 2 is 2.00 bits per heavy atom. The fourth-order valence-corrected chi connectivity index (χ4v) is 2.05. The maximum atomic E-state index is 5.78. The summed E-state index contributed by atoms with van der Waals surface area (Å²) in [5, 5.41) is 0.847. The van der Waals surface area contributed by atoms with Gasteiger partial charge in [-0.15, -0.1) is 11.8 Å². The molecule has 0 amide bonds. The van der Waals surface area contributed by atoms with Gasteiger partial charge in [0.25, 0.3) is 0 Å². The first-order chi connectivity index (χ1) is 5.36. The smallest absolute Gasteiger partial charge is 0.0452 e. The van der Waals surface area contributed by atoms with Crippen molar-refractivity contribution in [2.24, 2.45) is 0 Å². The summed E-state index contributed by atoms with van der Waals surface area (Å²) in [6.45, 7) is 0. The number of para-hydroxylation sites is 1. The Bertz CT molecular complexity index is 255. The number of nitrogens with two attached hydrogens (primary N) is 1. The van der Waals surface area contributed by atoms with E-state index in [0.717, 1.165) is 10.9 Å². The highest BCUT2D eigenvalue weighted by atomic mass is 32.2. The van der Waals surface area contributed by atoms with Crippen LogP contribution < -0.4 is 5.73 Å². The molecule has 0 radical (unpaired) electrons. The Kier molecular flexibility index (Phi) is 1.78. The zero-order valence-electron chi connectivity index (χ0n) is 6.29. The second-order valence-corrected chi connectivity index (χ2v) is 4.20. The average Bonchev–Trinajstić information content (AvgIpc) is 2.78. The fourth-order valence-electron chi connectivity index (χ4n) is 0.953. The third kappa shape index (κ3) is 1.69. The van der Waals surface area contributed by atoms with Crippen LogP contribution in [-0.4, -0.2) is 5.25 Å². The lowest BCUT2D eigenvalue weighted by molar-refractivity contribution is 1.42. The van der Waals surface area contributed by atoms with Crippen molar-refractivity contribution in [3.63, 3.8) is 0 Å². The largest absolute Gasteiger partial charge is 0.398 e. The molecule has 1 aliphatic rings. The molecule has 1 aromatic rings. The summed E-state index contributed by atoms with van der Waals surface area (Å²) in [5.74, 6) is 0. The van der Waals surface area contributed by atoms with Gasteiger partial charge in [0.1, 0.15) is 0 Å². The lowest BCUT2D eigenvalue weighted by Gasteiger charge is -2.01. The quantitative estimate of drug-likeness (QED) is 0.681. The van der Waals surface area contributed by atoms with E-state index in [0.29, 0.717) is 0 Å². The summed E-state index contributed by atoms with van der Waals surface area (Å²) >= 11 is 1.91. The number of rotatable bonds is 2. The van der Waals surface area contributed by atoms with Crippen LogP contribution in [0.2, 0.25) is 0 Å². The maximum absolute atomic E-state index is 5.78. The number of thioether (sulfide) groups is 1. The number of anilines is 1. The summed E-state index contributed by atoms with van der Waals surface area (Å²) in [4.78, 5) is 1.25. The van der Waals surface area contributed by atoms with Gasteiger partial charge in [0.2, 0.25) is 0 Å². The van der Waals surface area contributed by atoms with Gasteiger partial charge in [-0.2, -0.15) is 0 Å². The zero-order chi connectivity index (χ0) is 7.68. The van der Waals surface area contributed by atoms with E-state index in [1.807, 2.05) is 30.0 Å². The van der Waals surface area contributed by atoms with E-state index in [9.17, 15) is 0 Å². The Hall–Kier alpha value is -0.630. The summed E-state index contributed by atoms with van der Waals surface area (Å²) in [6, 6.07) is 8.08. The Labute approximate surface area is 71.0 Å². The van der Waals surface area contributed by atoms with Gasteiger partial charge >= 0.3 is 0 Å². The van der Waals surface area contributed by atoms with Crippen molar-refractivity contribution in [1.82, 2.24) is 0 Å². The number of hydrogen-bond donors (Lipinski definition) is 1. The van der Waals surface area contributed by atoms with E-state index < -0.39 is 0 Å². The van der Waals surface area contributed by atoms with E-state index in [4.69, 9.17) is 5.73 Å². The van der Waals surface area contributed by atoms with Gasteiger partial charge in [-0.1, -0.05) is 12.1 Å². The highest BCUT2D eigenvalue weighted by Crippen LogP contribution is 2.40. The van der Waals surface area contributed by atoms with E-state index in [1.54, 1.807) is 0 Å². The van der Waals surface area contributed by atoms with Crippen LogP contribution in [0.5, 0.6) is 0 Å². The first kappa shape index (κ1) is 7.04. The number of hydrogen-bond acceptors (Lipinski definition) is 2. The Balaban J connectivity index is 2.15. The summed E-state index contributed by atoms with van der Waals surface area (Å²) in [6.07, 6.45) is 2.72. The molecule has 1 aromatic carbocycles. The van der Waals surface area contributed by atoms with Crippen molar-refractivity contribution in [1.29, 1.82) is 0 Å². The molecule has 0 atom stereocenters. The van der Waals surface area contributed by atoms with Gasteiger partial charge in [0.15, 0.2) is 0 Å². The Morgan fingerprint density at radius 3 is 2.64 bits per heavy atom. The van der Waals surface area contributed by atoms with Crippen LogP contribution in [0.15, 0.2) is 29.2 Å². The molecule has 0 unspecified atom stereocenters. The molecule has 0 aliphatic heterocycles. The summed E-state index contributed by atoms with van der Waals surface area (Å²) < 4.78 is 0. The summed E-state index contributed by atoms with van der Waals surface area (Å²) in [5.41, 5.74) is 6.70. The first-order valence-corrected chi connectivity index (χ1v) is 4.75. The van der Waals surface area contributed by atoms with E-state index >= 15 is 0 Å². The molecule has 1 saturated carbocycles. The van der Waals surface area contributed by atoms with Crippen LogP contribution in [0.1, 0.15) is 12.8 Å². The van der Waals surface area contributed by atoms with Crippen molar-refractivity contribution in [2.45, 2.75) is 23.0 Å². The molecule has 0 spiro atoms. The standard InChI is InChI=1S/C9H11NS/c10-8-3-1-2-4-9(8)11-7-5-6-7/h1-4,7H,5-6,10H2. The molecule has 2 rings (SSSR count). The molecule has 2 N–H and O–H groups in total. The average molecular weight is 165 g/mol. The third-order valence-corrected chi connectivity index (χ3v) is 3.17. The van der Waals surface area contributed by atoms with Crippen molar-refractivity contribution in [3.8, 4) is 0 Å². The maximum Gasteiger partial charge on any atom is 0.0452 e. The van der Waals surface area contributed by atoms with Gasteiger partial charge in [-0.05, 0) is 25.0 Å². The minimum atomic E-state index is 0.847. The first-order valence-electron chi connectivity index (χ1n) is 3.87. The van der Waals surface area contributed by atoms with Crippen molar-refractivity contribution in [2.75, 3.05) is 5.73 Å². The monoisotopic (exact) mass is 165 g/mol. The molecule has 0 heterocycles.